The van der Waals surface area contributed by atoms with Crippen molar-refractivity contribution >= 4 is 0 Å². The number of likely N-dealkylation sites (N-methyl/N-ethyl adjacent to an activating group) is 2. The molecule has 0 radical (unpaired) electrons. The van der Waals surface area contributed by atoms with Crippen molar-refractivity contribution in [3.05, 3.63) is 102 Å². The lowest BCUT2D eigenvalue weighted by Crippen LogP contribution is -2.31. The Morgan fingerprint density at radius 2 is 1.21 bits per heavy atom. The average molecular weight is 374 g/mol. The lowest BCUT2D eigenvalue weighted by atomic mass is 9.88. The zero-order valence-corrected chi connectivity index (χ0v) is 17.0. The van der Waals surface area contributed by atoms with E-state index in [-0.39, 0.29) is 0 Å². The molecular formula is C25H31N3. The van der Waals surface area contributed by atoms with Crippen LogP contribution < -0.4 is 0 Å². The number of hydrogen-bond acceptors (Lipinski definition) is 3. The predicted octanol–water partition coefficient (Wildman–Crippen LogP) is 4.67. The van der Waals surface area contributed by atoms with Gasteiger partial charge in [-0.3, -0.25) is 4.98 Å². The second kappa shape index (κ2) is 10.7. The minimum Gasteiger partial charge on any atom is -0.305 e. The van der Waals surface area contributed by atoms with Crippen LogP contribution in [0.1, 0.15) is 29.0 Å². The quantitative estimate of drug-likeness (QED) is 0.515. The molecule has 1 heterocycles. The molecule has 1 aromatic heterocycles. The van der Waals surface area contributed by atoms with Gasteiger partial charge in [-0.2, -0.15) is 0 Å². The SMILES string of the molecule is CN(CCC(c1ccccc1)c1ccccc1)CCN(C)Cc1ccncc1. The van der Waals surface area contributed by atoms with Gasteiger partial charge in [0.2, 0.25) is 0 Å². The second-order valence-electron chi connectivity index (χ2n) is 7.56. The third kappa shape index (κ3) is 6.29. The standard InChI is InChI=1S/C25H31N3/c1-27(19-20-28(2)21-22-13-16-26-17-14-22)18-15-25(23-9-5-3-6-10-23)24-11-7-4-8-12-24/h3-14,16-17,25H,15,18-21H2,1-2H3. The highest BCUT2D eigenvalue weighted by Gasteiger charge is 2.14. The topological polar surface area (TPSA) is 19.4 Å². The molecule has 3 rings (SSSR count). The average Bonchev–Trinajstić information content (AvgIpc) is 2.75. The highest BCUT2D eigenvalue weighted by molar-refractivity contribution is 5.32. The Morgan fingerprint density at radius 3 is 1.79 bits per heavy atom. The molecule has 0 aliphatic carbocycles. The van der Waals surface area contributed by atoms with Crippen LogP contribution in [-0.4, -0.2) is 48.5 Å². The summed E-state index contributed by atoms with van der Waals surface area (Å²) in [5, 5.41) is 0. The minimum absolute atomic E-state index is 0.444. The van der Waals surface area contributed by atoms with E-state index in [1.165, 1.54) is 16.7 Å². The summed E-state index contributed by atoms with van der Waals surface area (Å²) in [6.07, 6.45) is 4.85. The van der Waals surface area contributed by atoms with E-state index in [1.54, 1.807) is 0 Å². The van der Waals surface area contributed by atoms with Gasteiger partial charge in [-0.25, -0.2) is 0 Å². The summed E-state index contributed by atoms with van der Waals surface area (Å²) in [5.41, 5.74) is 4.11. The fraction of sp³-hybridized carbons (Fsp3) is 0.320. The molecule has 3 aromatic rings. The number of aromatic nitrogens is 1. The fourth-order valence-electron chi connectivity index (χ4n) is 3.58. The molecule has 3 heteroatoms. The Labute approximate surface area is 169 Å². The van der Waals surface area contributed by atoms with E-state index in [1.807, 2.05) is 12.4 Å². The monoisotopic (exact) mass is 373 g/mol. The molecule has 0 N–H and O–H groups in total. The van der Waals surface area contributed by atoms with E-state index >= 15 is 0 Å². The van der Waals surface area contributed by atoms with Crippen LogP contribution in [0.3, 0.4) is 0 Å². The molecule has 0 spiro atoms. The van der Waals surface area contributed by atoms with Crippen molar-refractivity contribution in [2.24, 2.45) is 0 Å². The third-order valence-corrected chi connectivity index (χ3v) is 5.27. The van der Waals surface area contributed by atoms with Gasteiger partial charge >= 0.3 is 0 Å². The van der Waals surface area contributed by atoms with Crippen LogP contribution >= 0.6 is 0 Å². The van der Waals surface area contributed by atoms with E-state index in [4.69, 9.17) is 0 Å². The van der Waals surface area contributed by atoms with Crippen molar-refractivity contribution in [1.82, 2.24) is 14.8 Å². The van der Waals surface area contributed by atoms with Crippen LogP contribution in [0.4, 0.5) is 0 Å². The van der Waals surface area contributed by atoms with Gasteiger partial charge in [-0.05, 0) is 55.9 Å². The molecule has 0 saturated heterocycles. The Bertz CT molecular complexity index is 750. The lowest BCUT2D eigenvalue weighted by molar-refractivity contribution is 0.248. The summed E-state index contributed by atoms with van der Waals surface area (Å²) < 4.78 is 0. The van der Waals surface area contributed by atoms with Crippen molar-refractivity contribution in [3.8, 4) is 0 Å². The first-order valence-electron chi connectivity index (χ1n) is 10.1. The summed E-state index contributed by atoms with van der Waals surface area (Å²) in [4.78, 5) is 8.91. The second-order valence-corrected chi connectivity index (χ2v) is 7.56. The first kappa shape index (κ1) is 20.2. The van der Waals surface area contributed by atoms with E-state index in [0.29, 0.717) is 5.92 Å². The Morgan fingerprint density at radius 1 is 0.679 bits per heavy atom. The molecule has 2 aromatic carbocycles. The smallest absolute Gasteiger partial charge is 0.0271 e. The van der Waals surface area contributed by atoms with Crippen molar-refractivity contribution < 1.29 is 0 Å². The maximum Gasteiger partial charge on any atom is 0.0271 e. The molecule has 0 bridgehead atoms. The first-order valence-corrected chi connectivity index (χ1v) is 10.1. The molecule has 3 nitrogen and oxygen atoms in total. The predicted molar refractivity (Wildman–Crippen MR) is 117 cm³/mol. The van der Waals surface area contributed by atoms with Crippen LogP contribution in [0.5, 0.6) is 0 Å². The third-order valence-electron chi connectivity index (χ3n) is 5.27. The van der Waals surface area contributed by atoms with Crippen molar-refractivity contribution in [1.29, 1.82) is 0 Å². The molecule has 0 atom stereocenters. The van der Waals surface area contributed by atoms with Gasteiger partial charge in [0.25, 0.3) is 0 Å². The highest BCUT2D eigenvalue weighted by atomic mass is 15.2. The Kier molecular flexibility index (Phi) is 7.77. The minimum atomic E-state index is 0.444. The fourth-order valence-corrected chi connectivity index (χ4v) is 3.58. The van der Waals surface area contributed by atoms with Crippen molar-refractivity contribution in [3.63, 3.8) is 0 Å². The molecule has 0 aliphatic rings. The van der Waals surface area contributed by atoms with Gasteiger partial charge in [0.15, 0.2) is 0 Å². The van der Waals surface area contributed by atoms with Crippen LogP contribution in [0.15, 0.2) is 85.2 Å². The van der Waals surface area contributed by atoms with E-state index in [9.17, 15) is 0 Å². The van der Waals surface area contributed by atoms with Gasteiger partial charge in [-0.15, -0.1) is 0 Å². The molecule has 0 saturated carbocycles. The number of benzene rings is 2. The molecular weight excluding hydrogens is 342 g/mol. The molecule has 0 fully saturated rings. The van der Waals surface area contributed by atoms with Crippen LogP contribution in [0.25, 0.3) is 0 Å². The lowest BCUT2D eigenvalue weighted by Gasteiger charge is -2.25. The van der Waals surface area contributed by atoms with E-state index < -0.39 is 0 Å². The normalized spacial score (nSPS) is 11.5. The number of rotatable bonds is 10. The first-order chi connectivity index (χ1) is 13.7. The maximum absolute atomic E-state index is 4.09. The zero-order valence-electron chi connectivity index (χ0n) is 17.0. The van der Waals surface area contributed by atoms with E-state index in [2.05, 4.69) is 102 Å². The van der Waals surface area contributed by atoms with Crippen LogP contribution in [0, 0.1) is 0 Å². The molecule has 28 heavy (non-hydrogen) atoms. The largest absolute Gasteiger partial charge is 0.305 e. The van der Waals surface area contributed by atoms with Gasteiger partial charge in [-0.1, -0.05) is 60.7 Å². The molecule has 0 unspecified atom stereocenters. The van der Waals surface area contributed by atoms with Gasteiger partial charge in [0, 0.05) is 37.9 Å². The summed E-state index contributed by atoms with van der Waals surface area (Å²) in [6, 6.07) is 25.9. The van der Waals surface area contributed by atoms with Crippen molar-refractivity contribution in [2.75, 3.05) is 33.7 Å². The number of hydrogen-bond donors (Lipinski definition) is 0. The molecule has 0 amide bonds. The summed E-state index contributed by atoms with van der Waals surface area (Å²) in [7, 11) is 4.42. The Hall–Kier alpha value is -2.49. The van der Waals surface area contributed by atoms with Gasteiger partial charge < -0.3 is 9.80 Å². The summed E-state index contributed by atoms with van der Waals surface area (Å²) in [6.45, 7) is 4.17. The summed E-state index contributed by atoms with van der Waals surface area (Å²) in [5.74, 6) is 0.444. The Balaban J connectivity index is 1.51. The number of pyridine rings is 1. The number of nitrogens with zero attached hydrogens (tertiary/aromatic N) is 3. The van der Waals surface area contributed by atoms with Gasteiger partial charge in [0.05, 0.1) is 0 Å². The summed E-state index contributed by atoms with van der Waals surface area (Å²) >= 11 is 0. The van der Waals surface area contributed by atoms with Crippen LogP contribution in [0.2, 0.25) is 0 Å². The highest BCUT2D eigenvalue weighted by Crippen LogP contribution is 2.27. The molecule has 0 aliphatic heterocycles. The van der Waals surface area contributed by atoms with Gasteiger partial charge in [0.1, 0.15) is 0 Å². The van der Waals surface area contributed by atoms with E-state index in [0.717, 1.165) is 32.6 Å². The zero-order chi connectivity index (χ0) is 19.6. The van der Waals surface area contributed by atoms with Crippen LogP contribution in [-0.2, 0) is 6.54 Å². The maximum atomic E-state index is 4.09. The molecule has 146 valence electrons. The van der Waals surface area contributed by atoms with Crippen molar-refractivity contribution in [2.45, 2.75) is 18.9 Å².